The zero-order valence-corrected chi connectivity index (χ0v) is 6.56. The Bertz CT molecular complexity index is 145. The highest BCUT2D eigenvalue weighted by molar-refractivity contribution is 5.16. The summed E-state index contributed by atoms with van der Waals surface area (Å²) in [4.78, 5) is 0. The van der Waals surface area contributed by atoms with Gasteiger partial charge in [-0.25, -0.2) is 0 Å². The van der Waals surface area contributed by atoms with Gasteiger partial charge in [0.1, 0.15) is 0 Å². The number of nitrogens with one attached hydrogen (secondary N) is 1. The van der Waals surface area contributed by atoms with Crippen molar-refractivity contribution in [2.45, 2.75) is 26.2 Å². The molecule has 10 heavy (non-hydrogen) atoms. The minimum absolute atomic E-state index is 1.01. The van der Waals surface area contributed by atoms with Crippen molar-refractivity contribution >= 4 is 0 Å². The van der Waals surface area contributed by atoms with E-state index >= 15 is 0 Å². The van der Waals surface area contributed by atoms with Crippen LogP contribution in [0.2, 0.25) is 0 Å². The van der Waals surface area contributed by atoms with Gasteiger partial charge in [0.25, 0.3) is 0 Å². The lowest BCUT2D eigenvalue weighted by Gasteiger charge is -2.10. The lowest BCUT2D eigenvalue weighted by atomic mass is 10.1. The molecule has 0 aliphatic carbocycles. The van der Waals surface area contributed by atoms with E-state index in [0.29, 0.717) is 0 Å². The van der Waals surface area contributed by atoms with E-state index in [1.165, 1.54) is 25.0 Å². The maximum Gasteiger partial charge on any atom is 0.0330 e. The predicted octanol–water partition coefficient (Wildman–Crippen LogP) is 2.22. The van der Waals surface area contributed by atoms with Crippen LogP contribution in [0.5, 0.6) is 0 Å². The fourth-order valence-corrected chi connectivity index (χ4v) is 1.04. The molecule has 0 bridgehead atoms. The first-order valence-corrected chi connectivity index (χ1v) is 4.03. The number of hydrogen-bond acceptors (Lipinski definition) is 1. The molecule has 0 atom stereocenters. The van der Waals surface area contributed by atoms with E-state index in [-0.39, 0.29) is 0 Å². The van der Waals surface area contributed by atoms with Gasteiger partial charge in [0.15, 0.2) is 0 Å². The van der Waals surface area contributed by atoms with E-state index < -0.39 is 0 Å². The molecule has 1 heteroatoms. The van der Waals surface area contributed by atoms with Crippen LogP contribution >= 0.6 is 0 Å². The van der Waals surface area contributed by atoms with Crippen LogP contribution in [0, 0.1) is 0 Å². The summed E-state index contributed by atoms with van der Waals surface area (Å²) in [6, 6.07) is 0. The molecule has 1 N–H and O–H groups in total. The first kappa shape index (κ1) is 7.39. The standard InChI is InChI=1S/C9H15N/c1-2-3-6-9-7-4-5-8-10-9/h4-5,7,10H,2-3,6,8H2,1H3. The Kier molecular flexibility index (Phi) is 3.07. The van der Waals surface area contributed by atoms with Crippen LogP contribution in [0.25, 0.3) is 0 Å². The number of allylic oxidation sites excluding steroid dienone is 3. The SMILES string of the molecule is CCCCC1=CC=CCN1. The summed E-state index contributed by atoms with van der Waals surface area (Å²) in [5.74, 6) is 0. The Hall–Kier alpha value is -0.720. The van der Waals surface area contributed by atoms with E-state index in [2.05, 4.69) is 30.5 Å². The quantitative estimate of drug-likeness (QED) is 0.629. The van der Waals surface area contributed by atoms with Crippen LogP contribution in [0.4, 0.5) is 0 Å². The summed E-state index contributed by atoms with van der Waals surface area (Å²) in [6.45, 7) is 3.23. The molecular formula is C9H15N. The Morgan fingerprint density at radius 1 is 1.60 bits per heavy atom. The molecule has 0 saturated heterocycles. The lowest BCUT2D eigenvalue weighted by Crippen LogP contribution is -2.15. The number of dihydropyridines is 1. The molecule has 1 rings (SSSR count). The summed E-state index contributed by atoms with van der Waals surface area (Å²) >= 11 is 0. The maximum absolute atomic E-state index is 3.33. The summed E-state index contributed by atoms with van der Waals surface area (Å²) in [6.07, 6.45) is 10.2. The van der Waals surface area contributed by atoms with Crippen molar-refractivity contribution < 1.29 is 0 Å². The van der Waals surface area contributed by atoms with Crippen LogP contribution in [-0.2, 0) is 0 Å². The van der Waals surface area contributed by atoms with Gasteiger partial charge in [0, 0.05) is 12.2 Å². The molecule has 0 spiro atoms. The third kappa shape index (κ3) is 2.26. The Balaban J connectivity index is 2.25. The molecule has 0 aromatic rings. The van der Waals surface area contributed by atoms with Crippen LogP contribution < -0.4 is 5.32 Å². The Morgan fingerprint density at radius 2 is 2.50 bits per heavy atom. The normalized spacial score (nSPS) is 16.3. The second-order valence-corrected chi connectivity index (χ2v) is 2.60. The second kappa shape index (κ2) is 4.15. The average Bonchev–Trinajstić information content (AvgIpc) is 2.03. The van der Waals surface area contributed by atoms with Crippen molar-refractivity contribution in [3.63, 3.8) is 0 Å². The molecule has 0 fully saturated rings. The molecule has 0 aromatic heterocycles. The van der Waals surface area contributed by atoms with Gasteiger partial charge in [0.05, 0.1) is 0 Å². The van der Waals surface area contributed by atoms with E-state index in [9.17, 15) is 0 Å². The van der Waals surface area contributed by atoms with E-state index in [1.807, 2.05) is 0 Å². The van der Waals surface area contributed by atoms with Gasteiger partial charge in [-0.05, 0) is 18.9 Å². The molecule has 1 nitrogen and oxygen atoms in total. The second-order valence-electron chi connectivity index (χ2n) is 2.60. The number of rotatable bonds is 3. The topological polar surface area (TPSA) is 12.0 Å². The van der Waals surface area contributed by atoms with Gasteiger partial charge < -0.3 is 5.32 Å². The van der Waals surface area contributed by atoms with E-state index in [4.69, 9.17) is 0 Å². The van der Waals surface area contributed by atoms with Crippen molar-refractivity contribution in [1.82, 2.24) is 5.32 Å². The maximum atomic E-state index is 3.33. The first-order chi connectivity index (χ1) is 4.93. The molecule has 56 valence electrons. The molecule has 1 aliphatic rings. The highest BCUT2D eigenvalue weighted by Crippen LogP contribution is 2.05. The third-order valence-electron chi connectivity index (χ3n) is 1.68. The van der Waals surface area contributed by atoms with Gasteiger partial charge in [-0.1, -0.05) is 25.5 Å². The fraction of sp³-hybridized carbons (Fsp3) is 0.556. The third-order valence-corrected chi connectivity index (χ3v) is 1.68. The molecule has 1 heterocycles. The molecular weight excluding hydrogens is 122 g/mol. The first-order valence-electron chi connectivity index (χ1n) is 4.03. The zero-order valence-electron chi connectivity index (χ0n) is 6.56. The van der Waals surface area contributed by atoms with Gasteiger partial charge >= 0.3 is 0 Å². The van der Waals surface area contributed by atoms with Crippen LogP contribution in [0.15, 0.2) is 23.9 Å². The molecule has 1 aliphatic heterocycles. The monoisotopic (exact) mass is 137 g/mol. The van der Waals surface area contributed by atoms with Crippen LogP contribution in [0.1, 0.15) is 26.2 Å². The summed E-state index contributed by atoms with van der Waals surface area (Å²) < 4.78 is 0. The van der Waals surface area contributed by atoms with E-state index in [0.717, 1.165) is 6.54 Å². The molecule has 0 unspecified atom stereocenters. The molecule has 0 saturated carbocycles. The Morgan fingerprint density at radius 3 is 3.10 bits per heavy atom. The van der Waals surface area contributed by atoms with Crippen molar-refractivity contribution in [3.05, 3.63) is 23.9 Å². The fourth-order valence-electron chi connectivity index (χ4n) is 1.04. The van der Waals surface area contributed by atoms with Gasteiger partial charge in [-0.15, -0.1) is 0 Å². The lowest BCUT2D eigenvalue weighted by molar-refractivity contribution is 0.723. The van der Waals surface area contributed by atoms with Crippen molar-refractivity contribution in [2.75, 3.05) is 6.54 Å². The van der Waals surface area contributed by atoms with Gasteiger partial charge in [-0.3, -0.25) is 0 Å². The van der Waals surface area contributed by atoms with Crippen molar-refractivity contribution in [1.29, 1.82) is 0 Å². The minimum Gasteiger partial charge on any atom is -0.385 e. The molecule has 0 amide bonds. The predicted molar refractivity (Wildman–Crippen MR) is 44.8 cm³/mol. The number of hydrogen-bond donors (Lipinski definition) is 1. The van der Waals surface area contributed by atoms with E-state index in [1.54, 1.807) is 0 Å². The van der Waals surface area contributed by atoms with Gasteiger partial charge in [0.2, 0.25) is 0 Å². The molecule has 0 radical (unpaired) electrons. The highest BCUT2D eigenvalue weighted by Gasteiger charge is 1.95. The minimum atomic E-state index is 1.01. The smallest absolute Gasteiger partial charge is 0.0330 e. The average molecular weight is 137 g/mol. The van der Waals surface area contributed by atoms with Gasteiger partial charge in [-0.2, -0.15) is 0 Å². The summed E-state index contributed by atoms with van der Waals surface area (Å²) in [5, 5.41) is 3.33. The van der Waals surface area contributed by atoms with Crippen LogP contribution in [-0.4, -0.2) is 6.54 Å². The summed E-state index contributed by atoms with van der Waals surface area (Å²) in [7, 11) is 0. The Labute approximate surface area is 62.8 Å². The molecule has 0 aromatic carbocycles. The number of unbranched alkanes of at least 4 members (excludes halogenated alkanes) is 1. The zero-order chi connectivity index (χ0) is 7.23. The highest BCUT2D eigenvalue weighted by atomic mass is 14.9. The summed E-state index contributed by atoms with van der Waals surface area (Å²) in [5.41, 5.74) is 1.39. The van der Waals surface area contributed by atoms with Crippen molar-refractivity contribution in [3.8, 4) is 0 Å². The van der Waals surface area contributed by atoms with Crippen molar-refractivity contribution in [2.24, 2.45) is 0 Å². The van der Waals surface area contributed by atoms with Crippen LogP contribution in [0.3, 0.4) is 0 Å². The largest absolute Gasteiger partial charge is 0.385 e.